The SMILES string of the molecule is Cc1ccc(C)c(NC(=O)c2ccc(C)c(S(=O)(=O)Nc3ccccc3)c2)c1. The van der Waals surface area contributed by atoms with Crippen molar-refractivity contribution in [1.29, 1.82) is 0 Å². The Kier molecular flexibility index (Phi) is 5.51. The molecule has 1 amide bonds. The summed E-state index contributed by atoms with van der Waals surface area (Å²) < 4.78 is 28.2. The van der Waals surface area contributed by atoms with Gasteiger partial charge in [-0.3, -0.25) is 9.52 Å². The van der Waals surface area contributed by atoms with Crippen LogP contribution in [-0.2, 0) is 10.0 Å². The first kappa shape index (κ1) is 19.6. The highest BCUT2D eigenvalue weighted by atomic mass is 32.2. The maximum absolute atomic E-state index is 12.8. The van der Waals surface area contributed by atoms with Crippen molar-refractivity contribution in [1.82, 2.24) is 0 Å². The Hall–Kier alpha value is -3.12. The molecule has 3 aromatic rings. The predicted octanol–water partition coefficient (Wildman–Crippen LogP) is 4.66. The van der Waals surface area contributed by atoms with Crippen molar-refractivity contribution in [3.05, 3.63) is 89.0 Å². The first-order valence-corrected chi connectivity index (χ1v) is 10.3. The van der Waals surface area contributed by atoms with Crippen LogP contribution in [0.1, 0.15) is 27.0 Å². The molecule has 28 heavy (non-hydrogen) atoms. The zero-order chi connectivity index (χ0) is 20.3. The van der Waals surface area contributed by atoms with Gasteiger partial charge in [-0.05, 0) is 67.8 Å². The zero-order valence-electron chi connectivity index (χ0n) is 16.0. The Bertz CT molecular complexity index is 1120. The standard InChI is InChI=1S/C22H22N2O3S/c1-15-9-10-16(2)20(13-15)23-22(25)18-12-11-17(3)21(14-18)28(26,27)24-19-7-5-4-6-8-19/h4-14,24H,1-3H3,(H,23,25). The maximum atomic E-state index is 12.8. The Balaban J connectivity index is 1.90. The first-order valence-electron chi connectivity index (χ1n) is 8.83. The van der Waals surface area contributed by atoms with Crippen LogP contribution in [0.2, 0.25) is 0 Å². The third-order valence-corrected chi connectivity index (χ3v) is 5.93. The van der Waals surface area contributed by atoms with E-state index in [0.29, 0.717) is 16.9 Å². The lowest BCUT2D eigenvalue weighted by atomic mass is 10.1. The normalized spacial score (nSPS) is 11.1. The summed E-state index contributed by atoms with van der Waals surface area (Å²) >= 11 is 0. The van der Waals surface area contributed by atoms with Crippen molar-refractivity contribution < 1.29 is 13.2 Å². The van der Waals surface area contributed by atoms with Gasteiger partial charge in [0.2, 0.25) is 0 Å². The van der Waals surface area contributed by atoms with Crippen LogP contribution in [0.15, 0.2) is 71.6 Å². The van der Waals surface area contributed by atoms with Gasteiger partial charge in [-0.2, -0.15) is 0 Å². The Morgan fingerprint density at radius 1 is 0.821 bits per heavy atom. The van der Waals surface area contributed by atoms with Crippen LogP contribution in [-0.4, -0.2) is 14.3 Å². The van der Waals surface area contributed by atoms with E-state index >= 15 is 0 Å². The molecule has 6 heteroatoms. The number of sulfonamides is 1. The lowest BCUT2D eigenvalue weighted by Crippen LogP contribution is -2.17. The molecule has 0 aliphatic rings. The van der Waals surface area contributed by atoms with Gasteiger partial charge in [-0.1, -0.05) is 36.4 Å². The van der Waals surface area contributed by atoms with Crippen LogP contribution < -0.4 is 10.0 Å². The molecule has 0 radical (unpaired) electrons. The molecule has 0 fully saturated rings. The van der Waals surface area contributed by atoms with Crippen LogP contribution in [0, 0.1) is 20.8 Å². The highest BCUT2D eigenvalue weighted by Crippen LogP contribution is 2.22. The molecule has 0 saturated carbocycles. The number of carbonyl (C=O) groups excluding carboxylic acids is 1. The molecule has 2 N–H and O–H groups in total. The van der Waals surface area contributed by atoms with Crippen LogP contribution in [0.4, 0.5) is 11.4 Å². The number of carbonyl (C=O) groups is 1. The van der Waals surface area contributed by atoms with E-state index < -0.39 is 10.0 Å². The number of hydrogen-bond acceptors (Lipinski definition) is 3. The lowest BCUT2D eigenvalue weighted by Gasteiger charge is -2.13. The van der Waals surface area contributed by atoms with E-state index in [2.05, 4.69) is 10.0 Å². The van der Waals surface area contributed by atoms with Crippen molar-refractivity contribution in [2.45, 2.75) is 25.7 Å². The molecule has 0 saturated heterocycles. The van der Waals surface area contributed by atoms with Crippen LogP contribution in [0.3, 0.4) is 0 Å². The van der Waals surface area contributed by atoms with Crippen molar-refractivity contribution in [2.75, 3.05) is 10.0 Å². The number of amides is 1. The predicted molar refractivity (Wildman–Crippen MR) is 112 cm³/mol. The topological polar surface area (TPSA) is 75.3 Å². The molecule has 5 nitrogen and oxygen atoms in total. The lowest BCUT2D eigenvalue weighted by molar-refractivity contribution is 0.102. The number of rotatable bonds is 5. The highest BCUT2D eigenvalue weighted by molar-refractivity contribution is 7.92. The average molecular weight is 394 g/mol. The van der Waals surface area contributed by atoms with Gasteiger partial charge >= 0.3 is 0 Å². The third kappa shape index (κ3) is 4.40. The van der Waals surface area contributed by atoms with Gasteiger partial charge < -0.3 is 5.32 Å². The minimum absolute atomic E-state index is 0.0740. The Labute approximate surface area is 165 Å². The van der Waals surface area contributed by atoms with Gasteiger partial charge in [-0.15, -0.1) is 0 Å². The molecule has 0 aromatic heterocycles. The highest BCUT2D eigenvalue weighted by Gasteiger charge is 2.19. The number of hydrogen-bond donors (Lipinski definition) is 2. The summed E-state index contributed by atoms with van der Waals surface area (Å²) in [4.78, 5) is 12.8. The molecule has 0 aliphatic carbocycles. The minimum Gasteiger partial charge on any atom is -0.322 e. The summed E-state index contributed by atoms with van der Waals surface area (Å²) in [5.41, 5.74) is 3.97. The third-order valence-electron chi connectivity index (χ3n) is 4.41. The van der Waals surface area contributed by atoms with E-state index in [1.165, 1.54) is 6.07 Å². The fourth-order valence-corrected chi connectivity index (χ4v) is 4.14. The van der Waals surface area contributed by atoms with E-state index in [9.17, 15) is 13.2 Å². The van der Waals surface area contributed by atoms with E-state index in [-0.39, 0.29) is 16.4 Å². The van der Waals surface area contributed by atoms with E-state index in [0.717, 1.165) is 11.1 Å². The molecule has 0 bridgehead atoms. The molecule has 0 heterocycles. The molecular weight excluding hydrogens is 372 g/mol. The number of aryl methyl sites for hydroxylation is 3. The van der Waals surface area contributed by atoms with E-state index in [4.69, 9.17) is 0 Å². The number of para-hydroxylation sites is 1. The van der Waals surface area contributed by atoms with Crippen molar-refractivity contribution >= 4 is 27.3 Å². The summed E-state index contributed by atoms with van der Waals surface area (Å²) in [6, 6.07) is 19.1. The molecule has 3 aromatic carbocycles. The van der Waals surface area contributed by atoms with Gasteiger partial charge in [-0.25, -0.2) is 8.42 Å². The molecular formula is C22H22N2O3S. The summed E-state index contributed by atoms with van der Waals surface area (Å²) in [5.74, 6) is -0.357. The van der Waals surface area contributed by atoms with Gasteiger partial charge in [0.15, 0.2) is 0 Å². The van der Waals surface area contributed by atoms with Crippen molar-refractivity contribution in [3.8, 4) is 0 Å². The number of nitrogens with one attached hydrogen (secondary N) is 2. The average Bonchev–Trinajstić information content (AvgIpc) is 2.65. The van der Waals surface area contributed by atoms with Crippen LogP contribution in [0.5, 0.6) is 0 Å². The minimum atomic E-state index is -3.82. The number of anilines is 2. The van der Waals surface area contributed by atoms with Crippen LogP contribution in [0.25, 0.3) is 0 Å². The Morgan fingerprint density at radius 3 is 2.21 bits per heavy atom. The molecule has 0 aliphatic heterocycles. The molecule has 0 atom stereocenters. The van der Waals surface area contributed by atoms with Gasteiger partial charge in [0.25, 0.3) is 15.9 Å². The second-order valence-electron chi connectivity index (χ2n) is 6.72. The summed E-state index contributed by atoms with van der Waals surface area (Å²) in [7, 11) is -3.82. The first-order chi connectivity index (χ1) is 13.3. The van der Waals surface area contributed by atoms with E-state index in [1.54, 1.807) is 49.4 Å². The second-order valence-corrected chi connectivity index (χ2v) is 8.38. The van der Waals surface area contributed by atoms with E-state index in [1.807, 2.05) is 32.0 Å². The van der Waals surface area contributed by atoms with Crippen molar-refractivity contribution in [2.24, 2.45) is 0 Å². The summed E-state index contributed by atoms with van der Waals surface area (Å²) in [5, 5.41) is 2.86. The maximum Gasteiger partial charge on any atom is 0.262 e. The quantitative estimate of drug-likeness (QED) is 0.661. The molecule has 0 unspecified atom stereocenters. The fourth-order valence-electron chi connectivity index (χ4n) is 2.81. The van der Waals surface area contributed by atoms with Gasteiger partial charge in [0, 0.05) is 16.9 Å². The fraction of sp³-hybridized carbons (Fsp3) is 0.136. The second kappa shape index (κ2) is 7.86. The Morgan fingerprint density at radius 2 is 1.50 bits per heavy atom. The smallest absolute Gasteiger partial charge is 0.262 e. The number of benzene rings is 3. The molecule has 3 rings (SSSR count). The van der Waals surface area contributed by atoms with Gasteiger partial charge in [0.1, 0.15) is 0 Å². The zero-order valence-corrected chi connectivity index (χ0v) is 16.8. The largest absolute Gasteiger partial charge is 0.322 e. The molecule has 144 valence electrons. The van der Waals surface area contributed by atoms with Gasteiger partial charge in [0.05, 0.1) is 4.90 Å². The van der Waals surface area contributed by atoms with Crippen LogP contribution >= 0.6 is 0 Å². The van der Waals surface area contributed by atoms with Crippen molar-refractivity contribution in [3.63, 3.8) is 0 Å². The summed E-state index contributed by atoms with van der Waals surface area (Å²) in [6.45, 7) is 5.55. The monoisotopic (exact) mass is 394 g/mol. The summed E-state index contributed by atoms with van der Waals surface area (Å²) in [6.07, 6.45) is 0. The molecule has 0 spiro atoms.